The van der Waals surface area contributed by atoms with E-state index in [1.807, 2.05) is 24.0 Å². The van der Waals surface area contributed by atoms with Crippen molar-refractivity contribution in [2.75, 3.05) is 39.3 Å². The normalized spacial score (nSPS) is 20.4. The number of piperazine rings is 1. The van der Waals surface area contributed by atoms with Crippen LogP contribution in [0, 0.1) is 6.92 Å². The maximum atomic E-state index is 12.7. The lowest BCUT2D eigenvalue weighted by Gasteiger charge is -2.36. The van der Waals surface area contributed by atoms with Crippen LogP contribution in [0.2, 0.25) is 0 Å². The van der Waals surface area contributed by atoms with Gasteiger partial charge in [-0.25, -0.2) is 13.2 Å². The van der Waals surface area contributed by atoms with E-state index in [1.54, 1.807) is 17.0 Å². The molecule has 0 unspecified atom stereocenters. The number of aryl methyl sites for hydroxylation is 1. The predicted octanol–water partition coefficient (Wildman–Crippen LogP) is 2.30. The first kappa shape index (κ1) is 18.2. The highest BCUT2D eigenvalue weighted by Gasteiger charge is 2.31. The van der Waals surface area contributed by atoms with Crippen molar-refractivity contribution in [2.24, 2.45) is 0 Å². The van der Waals surface area contributed by atoms with Crippen LogP contribution in [-0.2, 0) is 10.0 Å². The Morgan fingerprint density at radius 3 is 1.88 bits per heavy atom. The highest BCUT2D eigenvalue weighted by Crippen LogP contribution is 2.19. The van der Waals surface area contributed by atoms with Crippen molar-refractivity contribution in [3.05, 3.63) is 29.8 Å². The predicted molar refractivity (Wildman–Crippen MR) is 96.9 cm³/mol. The smallest absolute Gasteiger partial charge is 0.320 e. The molecule has 2 heterocycles. The standard InChI is InChI=1S/C18H27N3O3S/c1-16-6-8-17(9-7-16)25(23,24)21-14-12-20(13-15-21)18(22)19-10-4-2-3-5-11-19/h6-9H,2-5,10-15H2,1H3. The van der Waals surface area contributed by atoms with Crippen LogP contribution in [0.5, 0.6) is 0 Å². The Kier molecular flexibility index (Phi) is 5.64. The SMILES string of the molecule is Cc1ccc(S(=O)(=O)N2CCN(C(=O)N3CCCCCC3)CC2)cc1. The number of amides is 2. The summed E-state index contributed by atoms with van der Waals surface area (Å²) in [5.41, 5.74) is 1.03. The van der Waals surface area contributed by atoms with E-state index in [9.17, 15) is 13.2 Å². The molecule has 0 spiro atoms. The number of carbonyl (C=O) groups is 1. The van der Waals surface area contributed by atoms with E-state index in [-0.39, 0.29) is 6.03 Å². The quantitative estimate of drug-likeness (QED) is 0.808. The number of nitrogens with zero attached hydrogens (tertiary/aromatic N) is 3. The molecular weight excluding hydrogens is 338 g/mol. The number of urea groups is 1. The van der Waals surface area contributed by atoms with Crippen LogP contribution in [0.1, 0.15) is 31.2 Å². The summed E-state index contributed by atoms with van der Waals surface area (Å²) in [4.78, 5) is 16.7. The highest BCUT2D eigenvalue weighted by atomic mass is 32.2. The fraction of sp³-hybridized carbons (Fsp3) is 0.611. The molecule has 2 fully saturated rings. The number of sulfonamides is 1. The molecule has 7 heteroatoms. The molecule has 25 heavy (non-hydrogen) atoms. The van der Waals surface area contributed by atoms with Crippen LogP contribution in [0.15, 0.2) is 29.2 Å². The van der Waals surface area contributed by atoms with E-state index in [0.717, 1.165) is 31.5 Å². The zero-order valence-corrected chi connectivity index (χ0v) is 15.7. The van der Waals surface area contributed by atoms with E-state index in [1.165, 1.54) is 17.1 Å². The van der Waals surface area contributed by atoms with Gasteiger partial charge >= 0.3 is 6.03 Å². The summed E-state index contributed by atoms with van der Waals surface area (Å²) >= 11 is 0. The summed E-state index contributed by atoms with van der Waals surface area (Å²) in [6.45, 7) is 5.21. The lowest BCUT2D eigenvalue weighted by molar-refractivity contribution is 0.135. The van der Waals surface area contributed by atoms with Crippen LogP contribution in [0.25, 0.3) is 0 Å². The van der Waals surface area contributed by atoms with Crippen molar-refractivity contribution in [3.63, 3.8) is 0 Å². The van der Waals surface area contributed by atoms with Crippen molar-refractivity contribution in [2.45, 2.75) is 37.5 Å². The Labute approximate surface area is 150 Å². The van der Waals surface area contributed by atoms with Gasteiger partial charge in [0.15, 0.2) is 0 Å². The molecule has 2 saturated heterocycles. The van der Waals surface area contributed by atoms with Crippen molar-refractivity contribution in [1.82, 2.24) is 14.1 Å². The van der Waals surface area contributed by atoms with E-state index < -0.39 is 10.0 Å². The second-order valence-corrected chi connectivity index (χ2v) is 8.83. The molecule has 0 N–H and O–H groups in total. The largest absolute Gasteiger partial charge is 0.325 e. The summed E-state index contributed by atoms with van der Waals surface area (Å²) < 4.78 is 27.0. The highest BCUT2D eigenvalue weighted by molar-refractivity contribution is 7.89. The fourth-order valence-corrected chi connectivity index (χ4v) is 4.86. The molecule has 0 saturated carbocycles. The molecule has 0 atom stereocenters. The molecule has 0 bridgehead atoms. The van der Waals surface area contributed by atoms with Crippen LogP contribution < -0.4 is 0 Å². The van der Waals surface area contributed by atoms with E-state index in [2.05, 4.69) is 0 Å². The van der Waals surface area contributed by atoms with Crippen molar-refractivity contribution in [3.8, 4) is 0 Å². The first-order valence-electron chi connectivity index (χ1n) is 9.09. The average Bonchev–Trinajstić information content (AvgIpc) is 2.91. The van der Waals surface area contributed by atoms with Gasteiger partial charge in [0.1, 0.15) is 0 Å². The van der Waals surface area contributed by atoms with Gasteiger partial charge in [-0.1, -0.05) is 30.5 Å². The molecule has 1 aromatic carbocycles. The van der Waals surface area contributed by atoms with Gasteiger partial charge in [0.2, 0.25) is 10.0 Å². The van der Waals surface area contributed by atoms with Crippen LogP contribution in [0.4, 0.5) is 4.79 Å². The second-order valence-electron chi connectivity index (χ2n) is 6.89. The number of carbonyl (C=O) groups excluding carboxylic acids is 1. The Balaban J connectivity index is 1.61. The Bertz CT molecular complexity index is 687. The van der Waals surface area contributed by atoms with Gasteiger partial charge in [0.05, 0.1) is 4.90 Å². The summed E-state index contributed by atoms with van der Waals surface area (Å²) in [5, 5.41) is 0. The van der Waals surface area contributed by atoms with Gasteiger partial charge < -0.3 is 9.80 Å². The van der Waals surface area contributed by atoms with Crippen molar-refractivity contribution >= 4 is 16.1 Å². The molecule has 0 radical (unpaired) electrons. The van der Waals surface area contributed by atoms with Crippen LogP contribution in [-0.4, -0.2) is 67.8 Å². The lowest BCUT2D eigenvalue weighted by Crippen LogP contribution is -2.54. The molecule has 2 amide bonds. The number of likely N-dealkylation sites (tertiary alicyclic amines) is 1. The minimum atomic E-state index is -3.48. The third kappa shape index (κ3) is 4.15. The molecule has 2 aliphatic rings. The number of hydrogen-bond donors (Lipinski definition) is 0. The molecule has 0 aliphatic carbocycles. The maximum absolute atomic E-state index is 12.7. The van der Waals surface area contributed by atoms with Crippen molar-refractivity contribution < 1.29 is 13.2 Å². The average molecular weight is 365 g/mol. The number of benzene rings is 1. The van der Waals surface area contributed by atoms with Gasteiger partial charge in [-0.15, -0.1) is 0 Å². The molecule has 2 aliphatic heterocycles. The topological polar surface area (TPSA) is 60.9 Å². The molecule has 6 nitrogen and oxygen atoms in total. The van der Waals surface area contributed by atoms with Crippen LogP contribution in [0.3, 0.4) is 0 Å². The molecule has 1 aromatic rings. The Hall–Kier alpha value is -1.60. The molecule has 138 valence electrons. The third-order valence-electron chi connectivity index (χ3n) is 5.04. The molecule has 0 aromatic heterocycles. The minimum Gasteiger partial charge on any atom is -0.325 e. The van der Waals surface area contributed by atoms with E-state index in [0.29, 0.717) is 31.1 Å². The summed E-state index contributed by atoms with van der Waals surface area (Å²) in [5.74, 6) is 0. The first-order valence-corrected chi connectivity index (χ1v) is 10.5. The van der Waals surface area contributed by atoms with Gasteiger partial charge in [0, 0.05) is 39.3 Å². The lowest BCUT2D eigenvalue weighted by atomic mass is 10.2. The number of rotatable bonds is 2. The zero-order chi connectivity index (χ0) is 17.9. The summed E-state index contributed by atoms with van der Waals surface area (Å²) in [6.07, 6.45) is 4.50. The van der Waals surface area contributed by atoms with Gasteiger partial charge in [0.25, 0.3) is 0 Å². The second kappa shape index (κ2) is 7.74. The summed E-state index contributed by atoms with van der Waals surface area (Å²) in [6, 6.07) is 6.99. The van der Waals surface area contributed by atoms with Gasteiger partial charge in [-0.2, -0.15) is 4.31 Å². The Morgan fingerprint density at radius 1 is 0.800 bits per heavy atom. The van der Waals surface area contributed by atoms with Gasteiger partial charge in [-0.3, -0.25) is 0 Å². The molecular formula is C18H27N3O3S. The zero-order valence-electron chi connectivity index (χ0n) is 14.9. The first-order chi connectivity index (χ1) is 12.0. The number of hydrogen-bond acceptors (Lipinski definition) is 3. The summed E-state index contributed by atoms with van der Waals surface area (Å²) in [7, 11) is -3.48. The van der Waals surface area contributed by atoms with Crippen LogP contribution >= 0.6 is 0 Å². The maximum Gasteiger partial charge on any atom is 0.320 e. The van der Waals surface area contributed by atoms with E-state index >= 15 is 0 Å². The van der Waals surface area contributed by atoms with Crippen molar-refractivity contribution in [1.29, 1.82) is 0 Å². The van der Waals surface area contributed by atoms with Gasteiger partial charge in [-0.05, 0) is 31.9 Å². The fourth-order valence-electron chi connectivity index (χ4n) is 3.44. The third-order valence-corrected chi connectivity index (χ3v) is 6.96. The molecule has 3 rings (SSSR count). The van der Waals surface area contributed by atoms with E-state index in [4.69, 9.17) is 0 Å². The monoisotopic (exact) mass is 365 g/mol. The minimum absolute atomic E-state index is 0.0642. The Morgan fingerprint density at radius 2 is 1.32 bits per heavy atom.